The van der Waals surface area contributed by atoms with Gasteiger partial charge < -0.3 is 5.32 Å². The van der Waals surface area contributed by atoms with Crippen molar-refractivity contribution in [1.29, 1.82) is 0 Å². The summed E-state index contributed by atoms with van der Waals surface area (Å²) in [6.07, 6.45) is 1.58. The lowest BCUT2D eigenvalue weighted by Gasteiger charge is -1.92. The second-order valence-corrected chi connectivity index (χ2v) is 2.48. The molecule has 0 aromatic carbocycles. The maximum atomic E-state index is 10.9. The van der Waals surface area contributed by atoms with Crippen LogP contribution in [0.25, 0.3) is 0 Å². The van der Waals surface area contributed by atoms with Crippen LogP contribution in [-0.4, -0.2) is 16.9 Å². The highest BCUT2D eigenvalue weighted by molar-refractivity contribution is 7.07. The predicted octanol–water partition coefficient (Wildman–Crippen LogP) is -0.293. The highest BCUT2D eigenvalue weighted by Crippen LogP contribution is 1.97. The van der Waals surface area contributed by atoms with E-state index in [1.54, 1.807) is 6.20 Å². The van der Waals surface area contributed by atoms with Crippen molar-refractivity contribution in [2.24, 2.45) is 0 Å². The molecule has 0 spiro atoms. The number of H-pyrrole nitrogens is 1. The fourth-order valence-corrected chi connectivity index (χ4v) is 1.01. The third kappa shape index (κ3) is 1.51. The van der Waals surface area contributed by atoms with E-state index in [-0.39, 0.29) is 5.91 Å². The Balaban J connectivity index is 2.59. The van der Waals surface area contributed by atoms with Gasteiger partial charge in [0.1, 0.15) is 0 Å². The van der Waals surface area contributed by atoms with Gasteiger partial charge in [-0.3, -0.25) is 4.79 Å². The maximum absolute atomic E-state index is 10.9. The number of amides is 1. The van der Waals surface area contributed by atoms with Crippen LogP contribution in [0.4, 0.5) is 0 Å². The van der Waals surface area contributed by atoms with Gasteiger partial charge in [0.25, 0.3) is 5.91 Å². The van der Waals surface area contributed by atoms with Crippen LogP contribution in [0.3, 0.4) is 0 Å². The molecule has 1 heterocycles. The topological polar surface area (TPSA) is 56.1 Å². The first kappa shape index (κ1) is 7.14. The first-order valence-corrected chi connectivity index (χ1v) is 3.73. The molecule has 1 aromatic heterocycles. The van der Waals surface area contributed by atoms with Crippen LogP contribution in [0, 0.1) is 0 Å². The second kappa shape index (κ2) is 3.26. The van der Waals surface area contributed by atoms with Crippen molar-refractivity contribution in [3.05, 3.63) is 11.1 Å². The molecule has 0 saturated carbocycles. The molecule has 0 bridgehead atoms. The molecule has 4 nitrogen and oxygen atoms in total. The highest BCUT2D eigenvalue weighted by Gasteiger charge is 2.08. The summed E-state index contributed by atoms with van der Waals surface area (Å²) in [4.78, 5) is 11.6. The van der Waals surface area contributed by atoms with Gasteiger partial charge in [-0.25, -0.2) is 0 Å². The van der Waals surface area contributed by atoms with Crippen LogP contribution in [0.2, 0.25) is 0 Å². The zero-order valence-electron chi connectivity index (χ0n) is 5.55. The first-order valence-electron chi connectivity index (χ1n) is 2.95. The maximum Gasteiger partial charge on any atom is 0.269 e. The average molecular weight is 158 g/mol. The molecule has 10 heavy (non-hydrogen) atoms. The number of rotatable bonds is 2. The first-order chi connectivity index (χ1) is 4.84. The Labute approximate surface area is 62.4 Å². The molecule has 0 unspecified atom stereocenters. The van der Waals surface area contributed by atoms with E-state index >= 15 is 0 Å². The number of aromatic nitrogens is 2. The quantitative estimate of drug-likeness (QED) is 0.642. The van der Waals surface area contributed by atoms with E-state index in [2.05, 4.69) is 14.9 Å². The monoisotopic (exact) mass is 158 g/mol. The number of hydrogen-bond acceptors (Lipinski definition) is 3. The molecular weight excluding hydrogens is 150 g/mol. The minimum atomic E-state index is -0.0683. The van der Waals surface area contributed by atoms with E-state index < -0.39 is 0 Å². The molecule has 0 fully saturated rings. The number of hydrogen-bond donors (Lipinski definition) is 1. The lowest BCUT2D eigenvalue weighted by Crippen LogP contribution is -2.21. The molecule has 1 amide bonds. The Hall–Kier alpha value is -0.970. The molecular formula is C5H8N3OS+. The molecule has 0 aliphatic rings. The summed E-state index contributed by atoms with van der Waals surface area (Å²) in [5, 5.41) is 5.24. The second-order valence-electron chi connectivity index (χ2n) is 1.68. The predicted molar refractivity (Wildman–Crippen MR) is 36.7 cm³/mol. The normalized spacial score (nSPS) is 9.30. The van der Waals surface area contributed by atoms with E-state index in [4.69, 9.17) is 0 Å². The molecule has 0 aliphatic heterocycles. The zero-order chi connectivity index (χ0) is 7.40. The van der Waals surface area contributed by atoms with Crippen LogP contribution in [-0.2, 0) is 0 Å². The van der Waals surface area contributed by atoms with Gasteiger partial charge in [-0.1, -0.05) is 5.10 Å². The van der Waals surface area contributed by atoms with Crippen molar-refractivity contribution in [2.45, 2.75) is 6.92 Å². The van der Waals surface area contributed by atoms with Gasteiger partial charge in [0.05, 0.1) is 4.49 Å². The van der Waals surface area contributed by atoms with E-state index in [1.165, 1.54) is 0 Å². The van der Waals surface area contributed by atoms with Gasteiger partial charge in [-0.15, -0.1) is 0 Å². The zero-order valence-corrected chi connectivity index (χ0v) is 6.36. The summed E-state index contributed by atoms with van der Waals surface area (Å²) in [5.41, 5.74) is 0. The van der Waals surface area contributed by atoms with Gasteiger partial charge in [0, 0.05) is 18.1 Å². The van der Waals surface area contributed by atoms with E-state index in [1.807, 2.05) is 6.92 Å². The molecule has 5 heteroatoms. The van der Waals surface area contributed by atoms with Gasteiger partial charge in [0.15, 0.2) is 4.88 Å². The summed E-state index contributed by atoms with van der Waals surface area (Å²) in [6.45, 7) is 2.53. The van der Waals surface area contributed by atoms with Gasteiger partial charge in [-0.05, 0) is 6.92 Å². The molecule has 1 aromatic rings. The summed E-state index contributed by atoms with van der Waals surface area (Å²) in [5.74, 6) is -0.0683. The lowest BCUT2D eigenvalue weighted by molar-refractivity contribution is -0.443. The molecule has 54 valence electrons. The van der Waals surface area contributed by atoms with E-state index in [0.29, 0.717) is 11.4 Å². The Morgan fingerprint density at radius 2 is 2.80 bits per heavy atom. The minimum Gasteiger partial charge on any atom is -0.351 e. The Morgan fingerprint density at radius 3 is 3.30 bits per heavy atom. The van der Waals surface area contributed by atoms with Gasteiger partial charge in [0.2, 0.25) is 6.20 Å². The summed E-state index contributed by atoms with van der Waals surface area (Å²) in [6, 6.07) is 0. The van der Waals surface area contributed by atoms with Crippen LogP contribution < -0.4 is 10.4 Å². The highest BCUT2D eigenvalue weighted by atomic mass is 32.1. The van der Waals surface area contributed by atoms with Crippen molar-refractivity contribution < 1.29 is 9.89 Å². The van der Waals surface area contributed by atoms with Crippen LogP contribution >= 0.6 is 11.5 Å². The molecule has 0 saturated heterocycles. The Bertz CT molecular complexity index is 209. The minimum absolute atomic E-state index is 0.0683. The van der Waals surface area contributed by atoms with E-state index in [9.17, 15) is 4.79 Å². The molecule has 0 atom stereocenters. The fourth-order valence-electron chi connectivity index (χ4n) is 0.542. The average Bonchev–Trinajstić information content (AvgIpc) is 2.38. The number of carbonyl (C=O) groups is 1. The number of nitrogens with zero attached hydrogens (tertiary/aromatic N) is 1. The molecule has 0 radical (unpaired) electrons. The Kier molecular flexibility index (Phi) is 2.33. The van der Waals surface area contributed by atoms with Gasteiger partial charge in [-0.2, -0.15) is 0 Å². The summed E-state index contributed by atoms with van der Waals surface area (Å²) < 4.78 is 3.68. The fraction of sp³-hybridized carbons (Fsp3) is 0.400. The molecule has 2 N–H and O–H groups in total. The Morgan fingerprint density at radius 1 is 2.00 bits per heavy atom. The van der Waals surface area contributed by atoms with Crippen LogP contribution in [0.15, 0.2) is 6.20 Å². The summed E-state index contributed by atoms with van der Waals surface area (Å²) in [7, 11) is 0. The van der Waals surface area contributed by atoms with Crippen LogP contribution in [0.5, 0.6) is 0 Å². The van der Waals surface area contributed by atoms with Crippen molar-refractivity contribution in [1.82, 2.24) is 9.81 Å². The lowest BCUT2D eigenvalue weighted by atomic mass is 10.5. The van der Waals surface area contributed by atoms with Crippen molar-refractivity contribution in [2.75, 3.05) is 6.54 Å². The van der Waals surface area contributed by atoms with Crippen LogP contribution in [0.1, 0.15) is 16.6 Å². The number of aromatic amines is 1. The molecule has 0 aliphatic carbocycles. The number of carbonyl (C=O) groups excluding carboxylic acids is 1. The standard InChI is InChI=1S/C5H7N3OS/c1-2-6-5(9)4-3-7-8-10-4/h3H,2H2,1H3,(H,6,9)/p+1. The third-order valence-electron chi connectivity index (χ3n) is 0.953. The van der Waals surface area contributed by atoms with Crippen molar-refractivity contribution in [3.8, 4) is 0 Å². The largest absolute Gasteiger partial charge is 0.351 e. The number of nitrogens with one attached hydrogen (secondary N) is 2. The molecule has 1 rings (SSSR count). The van der Waals surface area contributed by atoms with E-state index in [0.717, 1.165) is 11.5 Å². The third-order valence-corrected chi connectivity index (χ3v) is 1.65. The summed E-state index contributed by atoms with van der Waals surface area (Å²) >= 11 is 1.15. The van der Waals surface area contributed by atoms with Gasteiger partial charge >= 0.3 is 0 Å². The smallest absolute Gasteiger partial charge is 0.269 e. The SMILES string of the molecule is CCNC(=O)c1c[nH+]ns1. The van der Waals surface area contributed by atoms with Crippen molar-refractivity contribution >= 4 is 17.4 Å². The van der Waals surface area contributed by atoms with Crippen molar-refractivity contribution in [3.63, 3.8) is 0 Å².